The first-order chi connectivity index (χ1) is 7.38. The fraction of sp³-hybridized carbons (Fsp3) is 0.300. The van der Waals surface area contributed by atoms with Crippen LogP contribution in [0.4, 0.5) is 0 Å². The summed E-state index contributed by atoms with van der Waals surface area (Å²) in [5.41, 5.74) is 10.5. The zero-order valence-corrected chi connectivity index (χ0v) is 9.23. The molecule has 0 aromatic rings. The first-order valence-electron chi connectivity index (χ1n) is 4.45. The first kappa shape index (κ1) is 13.7. The van der Waals surface area contributed by atoms with Gasteiger partial charge in [0.05, 0.1) is 12.5 Å². The van der Waals surface area contributed by atoms with Crippen molar-refractivity contribution in [2.75, 3.05) is 14.1 Å². The van der Waals surface area contributed by atoms with Gasteiger partial charge in [0.15, 0.2) is 0 Å². The van der Waals surface area contributed by atoms with Crippen LogP contribution in [-0.2, 0) is 9.59 Å². The molecule has 0 bridgehead atoms. The monoisotopic (exact) mass is 222 g/mol. The van der Waals surface area contributed by atoms with Gasteiger partial charge in [-0.3, -0.25) is 9.59 Å². The van der Waals surface area contributed by atoms with Crippen molar-refractivity contribution < 1.29 is 9.59 Å². The van der Waals surface area contributed by atoms with Gasteiger partial charge in [0, 0.05) is 19.7 Å². The minimum absolute atomic E-state index is 0.160. The highest BCUT2D eigenvalue weighted by molar-refractivity contribution is 5.91. The molecule has 0 aliphatic rings. The van der Waals surface area contributed by atoms with Gasteiger partial charge in [0.25, 0.3) is 5.91 Å². The number of likely N-dealkylation sites (N-methyl/N-ethyl adjacent to an activating group) is 1. The molecule has 0 aliphatic carbocycles. The summed E-state index contributed by atoms with van der Waals surface area (Å²) in [5.74, 6) is -1.22. The Morgan fingerprint density at radius 2 is 1.88 bits per heavy atom. The molecule has 16 heavy (non-hydrogen) atoms. The summed E-state index contributed by atoms with van der Waals surface area (Å²) in [6.45, 7) is 0. The van der Waals surface area contributed by atoms with Gasteiger partial charge in [0.1, 0.15) is 5.70 Å². The molecule has 0 aromatic carbocycles. The van der Waals surface area contributed by atoms with Crippen LogP contribution in [0.2, 0.25) is 0 Å². The predicted octanol–water partition coefficient (Wildman–Crippen LogP) is -0.757. The number of carbonyl (C=O) groups excluding carboxylic acids is 2. The van der Waals surface area contributed by atoms with Crippen LogP contribution in [0.15, 0.2) is 23.4 Å². The Kier molecular flexibility index (Phi) is 5.35. The van der Waals surface area contributed by atoms with Crippen molar-refractivity contribution in [2.45, 2.75) is 6.42 Å². The molecule has 4 N–H and O–H groups in total. The summed E-state index contributed by atoms with van der Waals surface area (Å²) >= 11 is 0. The van der Waals surface area contributed by atoms with Crippen LogP contribution in [0, 0.1) is 11.3 Å². The normalized spacial score (nSPS) is 11.8. The highest BCUT2D eigenvalue weighted by Crippen LogP contribution is 2.03. The number of nitrogens with two attached hydrogens (primary N) is 2. The van der Waals surface area contributed by atoms with Gasteiger partial charge in [-0.15, -0.1) is 0 Å². The maximum atomic E-state index is 11.0. The van der Waals surface area contributed by atoms with Crippen LogP contribution in [0.25, 0.3) is 0 Å². The lowest BCUT2D eigenvalue weighted by molar-refractivity contribution is -0.117. The highest BCUT2D eigenvalue weighted by atomic mass is 16.1. The zero-order chi connectivity index (χ0) is 12.7. The molecule has 0 aliphatic heterocycles. The van der Waals surface area contributed by atoms with Gasteiger partial charge in [-0.1, -0.05) is 0 Å². The van der Waals surface area contributed by atoms with E-state index >= 15 is 0 Å². The quantitative estimate of drug-likeness (QED) is 0.361. The van der Waals surface area contributed by atoms with Gasteiger partial charge < -0.3 is 16.4 Å². The van der Waals surface area contributed by atoms with Crippen molar-refractivity contribution in [1.29, 1.82) is 5.26 Å². The summed E-state index contributed by atoms with van der Waals surface area (Å²) in [6, 6.07) is 1.81. The Balaban J connectivity index is 4.99. The van der Waals surface area contributed by atoms with E-state index in [1.165, 1.54) is 17.1 Å². The number of carbonyl (C=O) groups is 2. The molecule has 2 amide bonds. The summed E-state index contributed by atoms with van der Waals surface area (Å²) in [6.07, 6.45) is 2.57. The van der Waals surface area contributed by atoms with E-state index in [0.29, 0.717) is 0 Å². The molecular formula is C10H14N4O2. The molecule has 6 heteroatoms. The Labute approximate surface area is 93.8 Å². The molecule has 0 saturated carbocycles. The lowest BCUT2D eigenvalue weighted by Gasteiger charge is -2.12. The van der Waals surface area contributed by atoms with E-state index in [4.69, 9.17) is 16.7 Å². The van der Waals surface area contributed by atoms with Crippen LogP contribution in [0.5, 0.6) is 0 Å². The number of hydrogen-bond acceptors (Lipinski definition) is 4. The fourth-order valence-electron chi connectivity index (χ4n) is 0.955. The molecule has 0 fully saturated rings. The van der Waals surface area contributed by atoms with Gasteiger partial charge >= 0.3 is 0 Å². The number of amides is 2. The van der Waals surface area contributed by atoms with E-state index in [1.807, 2.05) is 6.07 Å². The van der Waals surface area contributed by atoms with Crippen molar-refractivity contribution in [3.8, 4) is 6.07 Å². The number of rotatable bonds is 5. The van der Waals surface area contributed by atoms with Gasteiger partial charge in [-0.25, -0.2) is 0 Å². The molecule has 0 aromatic heterocycles. The maximum absolute atomic E-state index is 11.0. The summed E-state index contributed by atoms with van der Waals surface area (Å²) < 4.78 is 0. The third-order valence-electron chi connectivity index (χ3n) is 1.68. The average Bonchev–Trinajstić information content (AvgIpc) is 2.14. The molecule has 0 atom stereocenters. The maximum Gasteiger partial charge on any atom is 0.264 e. The first-order valence-corrected chi connectivity index (χ1v) is 4.45. The molecule has 6 nitrogen and oxygen atoms in total. The molecule has 0 saturated heterocycles. The lowest BCUT2D eigenvalue weighted by atomic mass is 10.2. The second-order valence-corrected chi connectivity index (χ2v) is 3.26. The highest BCUT2D eigenvalue weighted by Gasteiger charge is 2.06. The summed E-state index contributed by atoms with van der Waals surface area (Å²) in [4.78, 5) is 23.1. The minimum Gasteiger partial charge on any atom is -0.373 e. The zero-order valence-electron chi connectivity index (χ0n) is 9.23. The minimum atomic E-state index is -0.613. The van der Waals surface area contributed by atoms with Gasteiger partial charge in [0.2, 0.25) is 5.91 Å². The third-order valence-corrected chi connectivity index (χ3v) is 1.68. The topological polar surface area (TPSA) is 113 Å². The lowest BCUT2D eigenvalue weighted by Crippen LogP contribution is -2.25. The van der Waals surface area contributed by atoms with E-state index in [-0.39, 0.29) is 17.7 Å². The smallest absolute Gasteiger partial charge is 0.264 e. The van der Waals surface area contributed by atoms with Crippen molar-refractivity contribution in [2.24, 2.45) is 11.5 Å². The number of hydrogen-bond donors (Lipinski definition) is 2. The molecule has 0 heterocycles. The second-order valence-electron chi connectivity index (χ2n) is 3.26. The summed E-state index contributed by atoms with van der Waals surface area (Å²) in [5, 5.41) is 8.68. The molecule has 0 unspecified atom stereocenters. The SMILES string of the molecule is CN(C)C(=CC=C(C#N)CC(N)=O)C(N)=O. The van der Waals surface area contributed by atoms with Crippen molar-refractivity contribution in [3.63, 3.8) is 0 Å². The Bertz CT molecular complexity index is 388. The molecule has 0 spiro atoms. The molecular weight excluding hydrogens is 208 g/mol. The van der Waals surface area contributed by atoms with Crippen molar-refractivity contribution >= 4 is 11.8 Å². The second kappa shape index (κ2) is 6.24. The van der Waals surface area contributed by atoms with E-state index in [2.05, 4.69) is 0 Å². The number of nitrogens with zero attached hydrogens (tertiary/aromatic N) is 2. The molecule has 86 valence electrons. The van der Waals surface area contributed by atoms with Crippen LogP contribution in [0.1, 0.15) is 6.42 Å². The van der Waals surface area contributed by atoms with E-state index in [1.54, 1.807) is 14.1 Å². The number of allylic oxidation sites excluding steroid dienone is 2. The largest absolute Gasteiger partial charge is 0.373 e. The average molecular weight is 222 g/mol. The number of primary amides is 2. The van der Waals surface area contributed by atoms with Crippen LogP contribution in [0.3, 0.4) is 0 Å². The van der Waals surface area contributed by atoms with E-state index < -0.39 is 11.8 Å². The van der Waals surface area contributed by atoms with Crippen molar-refractivity contribution in [3.05, 3.63) is 23.4 Å². The molecule has 0 radical (unpaired) electrons. The Morgan fingerprint density at radius 1 is 1.31 bits per heavy atom. The van der Waals surface area contributed by atoms with Gasteiger partial charge in [-0.05, 0) is 12.2 Å². The van der Waals surface area contributed by atoms with Crippen LogP contribution in [-0.4, -0.2) is 30.8 Å². The van der Waals surface area contributed by atoms with E-state index in [0.717, 1.165) is 0 Å². The standard InChI is InChI=1S/C10H14N4O2/c1-14(2)8(10(13)16)4-3-7(6-11)5-9(12)15/h3-4H,5H2,1-2H3,(H2,12,15)(H2,13,16). The van der Waals surface area contributed by atoms with Gasteiger partial charge in [-0.2, -0.15) is 5.26 Å². The predicted molar refractivity (Wildman–Crippen MR) is 58.5 cm³/mol. The number of nitriles is 1. The van der Waals surface area contributed by atoms with Crippen LogP contribution >= 0.6 is 0 Å². The Morgan fingerprint density at radius 3 is 2.19 bits per heavy atom. The fourth-order valence-corrected chi connectivity index (χ4v) is 0.955. The molecule has 0 rings (SSSR count). The third kappa shape index (κ3) is 4.81. The Hall–Kier alpha value is -2.29. The van der Waals surface area contributed by atoms with Crippen LogP contribution < -0.4 is 11.5 Å². The summed E-state index contributed by atoms with van der Waals surface area (Å²) in [7, 11) is 3.29. The van der Waals surface area contributed by atoms with E-state index in [9.17, 15) is 9.59 Å². The van der Waals surface area contributed by atoms with Crippen molar-refractivity contribution in [1.82, 2.24) is 4.90 Å².